The third-order valence-corrected chi connectivity index (χ3v) is 3.50. The van der Waals surface area contributed by atoms with Gasteiger partial charge in [0.05, 0.1) is 11.8 Å². The fraction of sp³-hybridized carbons (Fsp3) is 0.625. The lowest BCUT2D eigenvalue weighted by Crippen LogP contribution is -2.38. The van der Waals surface area contributed by atoms with Gasteiger partial charge in [0.25, 0.3) is 0 Å². The number of hydrogen-bond donors (Lipinski definition) is 1. The first-order valence-electron chi connectivity index (χ1n) is 4.19. The van der Waals surface area contributed by atoms with Crippen LogP contribution in [0.2, 0.25) is 0 Å². The van der Waals surface area contributed by atoms with Gasteiger partial charge in [-0.3, -0.25) is 14.4 Å². The lowest BCUT2D eigenvalue weighted by Gasteiger charge is -2.08. The van der Waals surface area contributed by atoms with Crippen LogP contribution in [0.25, 0.3) is 0 Å². The summed E-state index contributed by atoms with van der Waals surface area (Å²) in [5.74, 6) is 0.624. The molecule has 0 aromatic heterocycles. The molecule has 0 aromatic rings. The number of nitrogens with one attached hydrogen (secondary N) is 1. The minimum absolute atomic E-state index is 0.0196. The van der Waals surface area contributed by atoms with Crippen molar-refractivity contribution in [2.75, 3.05) is 11.5 Å². The molecular weight excluding hydrogens is 222 g/mol. The number of carbonyl (C=O) groups excluding carboxylic acids is 3. The molecule has 1 aliphatic rings. The van der Waals surface area contributed by atoms with Crippen LogP contribution in [0.4, 0.5) is 0 Å². The average molecular weight is 233 g/mol. The summed E-state index contributed by atoms with van der Waals surface area (Å²) in [6.45, 7) is 1.41. The van der Waals surface area contributed by atoms with Gasteiger partial charge in [-0.2, -0.15) is 0 Å². The van der Waals surface area contributed by atoms with E-state index in [4.69, 9.17) is 0 Å². The molecule has 0 aromatic carbocycles. The molecule has 78 valence electrons. The van der Waals surface area contributed by atoms with E-state index in [-0.39, 0.29) is 27.9 Å². The molecule has 1 fully saturated rings. The minimum atomic E-state index is -0.347. The summed E-state index contributed by atoms with van der Waals surface area (Å²) in [6.07, 6.45) is 0.694. The Balaban J connectivity index is 2.26. The first-order valence-corrected chi connectivity index (χ1v) is 6.16. The van der Waals surface area contributed by atoms with Crippen LogP contribution in [-0.4, -0.2) is 33.7 Å². The molecule has 1 amide bonds. The zero-order valence-electron chi connectivity index (χ0n) is 7.74. The van der Waals surface area contributed by atoms with Crippen LogP contribution in [-0.2, 0) is 14.4 Å². The van der Waals surface area contributed by atoms with Crippen LogP contribution in [0.15, 0.2) is 0 Å². The largest absolute Gasteiger partial charge is 0.345 e. The van der Waals surface area contributed by atoms with Gasteiger partial charge in [0.2, 0.25) is 11.0 Å². The van der Waals surface area contributed by atoms with E-state index in [0.29, 0.717) is 6.42 Å². The van der Waals surface area contributed by atoms with Crippen molar-refractivity contribution in [3.05, 3.63) is 0 Å². The molecule has 1 unspecified atom stereocenters. The van der Waals surface area contributed by atoms with Crippen LogP contribution < -0.4 is 5.32 Å². The maximum Gasteiger partial charge on any atom is 0.231 e. The Bertz CT molecular complexity index is 267. The molecule has 1 saturated heterocycles. The lowest BCUT2D eigenvalue weighted by molar-refractivity contribution is -0.122. The number of amides is 1. The topological polar surface area (TPSA) is 63.2 Å². The molecule has 0 saturated carbocycles. The molecule has 0 aliphatic carbocycles. The molecule has 6 heteroatoms. The zero-order chi connectivity index (χ0) is 10.6. The number of thioether (sulfide) groups is 2. The highest BCUT2D eigenvalue weighted by atomic mass is 32.2. The van der Waals surface area contributed by atoms with E-state index in [1.165, 1.54) is 18.7 Å². The molecule has 1 heterocycles. The second-order valence-electron chi connectivity index (χ2n) is 2.86. The van der Waals surface area contributed by atoms with Crippen LogP contribution in [0, 0.1) is 0 Å². The highest BCUT2D eigenvalue weighted by Gasteiger charge is 2.26. The number of rotatable bonds is 3. The SMILES string of the molecule is CC(=O)SCC(=O)NC1CCSC1=O. The van der Waals surface area contributed by atoms with Crippen molar-refractivity contribution in [3.8, 4) is 0 Å². The molecule has 0 spiro atoms. The maximum absolute atomic E-state index is 11.2. The predicted molar refractivity (Wildman–Crippen MR) is 57.2 cm³/mol. The molecule has 0 bridgehead atoms. The quantitative estimate of drug-likeness (QED) is 0.765. The van der Waals surface area contributed by atoms with E-state index in [1.54, 1.807) is 0 Å². The summed E-state index contributed by atoms with van der Waals surface area (Å²) in [6, 6.07) is -0.347. The Morgan fingerprint density at radius 2 is 2.36 bits per heavy atom. The summed E-state index contributed by atoms with van der Waals surface area (Å²) in [5.41, 5.74) is 0. The molecule has 14 heavy (non-hydrogen) atoms. The van der Waals surface area contributed by atoms with E-state index in [9.17, 15) is 14.4 Å². The van der Waals surface area contributed by atoms with E-state index >= 15 is 0 Å². The third kappa shape index (κ3) is 3.71. The Morgan fingerprint density at radius 3 is 2.86 bits per heavy atom. The highest BCUT2D eigenvalue weighted by Crippen LogP contribution is 2.19. The van der Waals surface area contributed by atoms with Gasteiger partial charge < -0.3 is 5.32 Å². The average Bonchev–Trinajstić information content (AvgIpc) is 2.49. The molecule has 1 atom stereocenters. The van der Waals surface area contributed by atoms with Crippen molar-refractivity contribution in [1.82, 2.24) is 5.32 Å². The van der Waals surface area contributed by atoms with Crippen molar-refractivity contribution >= 4 is 39.7 Å². The smallest absolute Gasteiger partial charge is 0.231 e. The van der Waals surface area contributed by atoms with Crippen molar-refractivity contribution in [1.29, 1.82) is 0 Å². The van der Waals surface area contributed by atoms with Gasteiger partial charge in [-0.15, -0.1) is 0 Å². The predicted octanol–water partition coefficient (Wildman–Crippen LogP) is 0.414. The van der Waals surface area contributed by atoms with Crippen molar-refractivity contribution in [3.63, 3.8) is 0 Å². The minimum Gasteiger partial charge on any atom is -0.345 e. The fourth-order valence-corrected chi connectivity index (χ4v) is 2.38. The van der Waals surface area contributed by atoms with Crippen LogP contribution in [0.1, 0.15) is 13.3 Å². The van der Waals surface area contributed by atoms with E-state index < -0.39 is 0 Å². The first-order chi connectivity index (χ1) is 6.59. The Hall–Kier alpha value is -0.490. The Morgan fingerprint density at radius 1 is 1.64 bits per heavy atom. The number of hydrogen-bond acceptors (Lipinski definition) is 5. The molecule has 4 nitrogen and oxygen atoms in total. The van der Waals surface area contributed by atoms with Gasteiger partial charge in [0.1, 0.15) is 0 Å². The summed E-state index contributed by atoms with van der Waals surface area (Å²) < 4.78 is 0. The molecular formula is C8H11NO3S2. The summed E-state index contributed by atoms with van der Waals surface area (Å²) in [5, 5.41) is 2.53. The molecule has 1 N–H and O–H groups in total. The van der Waals surface area contributed by atoms with E-state index in [1.807, 2.05) is 0 Å². The maximum atomic E-state index is 11.2. The lowest BCUT2D eigenvalue weighted by atomic mass is 10.2. The van der Waals surface area contributed by atoms with Gasteiger partial charge in [0.15, 0.2) is 5.12 Å². The van der Waals surface area contributed by atoms with E-state index in [0.717, 1.165) is 17.5 Å². The molecule has 0 radical (unpaired) electrons. The van der Waals surface area contributed by atoms with E-state index in [2.05, 4.69) is 5.32 Å². The number of carbonyl (C=O) groups is 3. The van der Waals surface area contributed by atoms with Gasteiger partial charge >= 0.3 is 0 Å². The van der Waals surface area contributed by atoms with Gasteiger partial charge in [-0.05, 0) is 6.42 Å². The Kier molecular flexibility index (Phi) is 4.47. The fourth-order valence-electron chi connectivity index (χ4n) is 1.03. The Labute approximate surface area is 90.6 Å². The monoisotopic (exact) mass is 233 g/mol. The van der Waals surface area contributed by atoms with Crippen molar-refractivity contribution < 1.29 is 14.4 Å². The van der Waals surface area contributed by atoms with Crippen LogP contribution in [0.3, 0.4) is 0 Å². The van der Waals surface area contributed by atoms with Crippen molar-refractivity contribution in [2.24, 2.45) is 0 Å². The summed E-state index contributed by atoms with van der Waals surface area (Å²) in [4.78, 5) is 32.9. The van der Waals surface area contributed by atoms with Crippen LogP contribution >= 0.6 is 23.5 Å². The van der Waals surface area contributed by atoms with Gasteiger partial charge in [-0.1, -0.05) is 23.5 Å². The highest BCUT2D eigenvalue weighted by molar-refractivity contribution is 8.14. The molecule has 1 aliphatic heterocycles. The first kappa shape index (κ1) is 11.6. The van der Waals surface area contributed by atoms with Gasteiger partial charge in [-0.25, -0.2) is 0 Å². The molecule has 1 rings (SSSR count). The summed E-state index contributed by atoms with van der Waals surface area (Å²) in [7, 11) is 0. The second-order valence-corrected chi connectivity index (χ2v) is 5.11. The zero-order valence-corrected chi connectivity index (χ0v) is 9.37. The normalized spacial score (nSPS) is 20.9. The third-order valence-electron chi connectivity index (χ3n) is 1.68. The van der Waals surface area contributed by atoms with Crippen molar-refractivity contribution in [2.45, 2.75) is 19.4 Å². The summed E-state index contributed by atoms with van der Waals surface area (Å²) >= 11 is 2.20. The standard InChI is InChI=1S/C8H11NO3S2/c1-5(10)14-4-7(11)9-6-2-3-13-8(6)12/h6H,2-4H2,1H3,(H,9,11). The van der Waals surface area contributed by atoms with Gasteiger partial charge in [0, 0.05) is 12.7 Å². The second kappa shape index (κ2) is 5.41. The van der Waals surface area contributed by atoms with Crippen LogP contribution in [0.5, 0.6) is 0 Å².